The number of aliphatic carboxylic acids is 1. The van der Waals surface area contributed by atoms with Crippen molar-refractivity contribution < 1.29 is 24.3 Å². The molecule has 1 aromatic rings. The number of anilines is 1. The molecule has 0 aromatic carbocycles. The molecule has 19 heavy (non-hydrogen) atoms. The summed E-state index contributed by atoms with van der Waals surface area (Å²) in [7, 11) is 0. The van der Waals surface area contributed by atoms with Gasteiger partial charge in [0.25, 0.3) is 5.91 Å². The number of hydrogen-bond acceptors (Lipinski definition) is 5. The van der Waals surface area contributed by atoms with Crippen molar-refractivity contribution in [3.05, 3.63) is 29.2 Å². The maximum atomic E-state index is 11.5. The first-order chi connectivity index (χ1) is 8.90. The number of rotatable bonds is 4. The van der Waals surface area contributed by atoms with Crippen molar-refractivity contribution in [1.29, 1.82) is 0 Å². The number of nitrogens with one attached hydrogen (secondary N) is 2. The average Bonchev–Trinajstić information content (AvgIpc) is 2.73. The van der Waals surface area contributed by atoms with E-state index in [4.69, 9.17) is 10.8 Å². The quantitative estimate of drug-likeness (QED) is 0.582. The van der Waals surface area contributed by atoms with E-state index in [2.05, 4.69) is 5.32 Å². The molecule has 8 nitrogen and oxygen atoms in total. The van der Waals surface area contributed by atoms with Crippen molar-refractivity contribution in [1.82, 2.24) is 5.32 Å². The SMILES string of the molecule is NC(=O)NC(=O)c1ccsc1NC(=O)/C=C\C(=O)O. The minimum atomic E-state index is -1.27. The van der Waals surface area contributed by atoms with Crippen LogP contribution in [0.3, 0.4) is 0 Å². The summed E-state index contributed by atoms with van der Waals surface area (Å²) in [5.41, 5.74) is 4.86. The molecule has 0 saturated carbocycles. The molecule has 1 rings (SSSR count). The highest BCUT2D eigenvalue weighted by Gasteiger charge is 2.15. The molecule has 0 aliphatic carbocycles. The van der Waals surface area contributed by atoms with E-state index in [1.54, 1.807) is 0 Å². The lowest BCUT2D eigenvalue weighted by molar-refractivity contribution is -0.131. The van der Waals surface area contributed by atoms with Crippen molar-refractivity contribution in [3.63, 3.8) is 0 Å². The van der Waals surface area contributed by atoms with Crippen molar-refractivity contribution >= 4 is 40.2 Å². The van der Waals surface area contributed by atoms with Gasteiger partial charge in [-0.3, -0.25) is 14.9 Å². The zero-order valence-corrected chi connectivity index (χ0v) is 10.2. The molecule has 9 heteroatoms. The largest absolute Gasteiger partial charge is 0.478 e. The summed E-state index contributed by atoms with van der Waals surface area (Å²) in [5, 5.41) is 14.2. The highest BCUT2D eigenvalue weighted by atomic mass is 32.1. The lowest BCUT2D eigenvalue weighted by atomic mass is 10.3. The number of carboxylic acid groups (broad SMARTS) is 1. The van der Waals surface area contributed by atoms with Crippen LogP contribution in [0.25, 0.3) is 0 Å². The van der Waals surface area contributed by atoms with Gasteiger partial charge in [-0.1, -0.05) is 0 Å². The van der Waals surface area contributed by atoms with Crippen LogP contribution >= 0.6 is 11.3 Å². The van der Waals surface area contributed by atoms with E-state index in [9.17, 15) is 19.2 Å². The molecule has 4 amide bonds. The molecule has 0 bridgehead atoms. The predicted molar refractivity (Wildman–Crippen MR) is 66.8 cm³/mol. The van der Waals surface area contributed by atoms with Gasteiger partial charge in [0, 0.05) is 12.2 Å². The lowest BCUT2D eigenvalue weighted by Crippen LogP contribution is -2.35. The van der Waals surface area contributed by atoms with Crippen LogP contribution in [0, 0.1) is 0 Å². The van der Waals surface area contributed by atoms with Crippen LogP contribution in [0.4, 0.5) is 9.80 Å². The number of hydrogen-bond donors (Lipinski definition) is 4. The second kappa shape index (κ2) is 6.31. The summed E-state index contributed by atoms with van der Waals surface area (Å²) in [6.45, 7) is 0. The van der Waals surface area contributed by atoms with Crippen LogP contribution in [0.2, 0.25) is 0 Å². The van der Waals surface area contributed by atoms with Gasteiger partial charge in [0.2, 0.25) is 5.91 Å². The fraction of sp³-hybridized carbons (Fsp3) is 0. The smallest absolute Gasteiger partial charge is 0.328 e. The monoisotopic (exact) mass is 283 g/mol. The summed E-state index contributed by atoms with van der Waals surface area (Å²) in [6.07, 6.45) is 1.46. The van der Waals surface area contributed by atoms with Crippen LogP contribution in [-0.2, 0) is 9.59 Å². The zero-order valence-electron chi connectivity index (χ0n) is 9.38. The molecule has 1 heterocycles. The van der Waals surface area contributed by atoms with Gasteiger partial charge in [-0.2, -0.15) is 0 Å². The van der Waals surface area contributed by atoms with Gasteiger partial charge >= 0.3 is 12.0 Å². The molecule has 5 N–H and O–H groups in total. The number of urea groups is 1. The first-order valence-corrected chi connectivity index (χ1v) is 5.68. The minimum Gasteiger partial charge on any atom is -0.478 e. The van der Waals surface area contributed by atoms with Gasteiger partial charge in [-0.05, 0) is 11.4 Å². The Balaban J connectivity index is 2.78. The van der Waals surface area contributed by atoms with E-state index in [0.29, 0.717) is 6.08 Å². The Morgan fingerprint density at radius 2 is 1.95 bits per heavy atom. The van der Waals surface area contributed by atoms with Crippen molar-refractivity contribution in [2.75, 3.05) is 5.32 Å². The molecule has 0 spiro atoms. The van der Waals surface area contributed by atoms with Gasteiger partial charge in [-0.25, -0.2) is 9.59 Å². The van der Waals surface area contributed by atoms with Crippen molar-refractivity contribution in [2.45, 2.75) is 0 Å². The van der Waals surface area contributed by atoms with Crippen LogP contribution < -0.4 is 16.4 Å². The first kappa shape index (κ1) is 14.4. The molecule has 0 radical (unpaired) electrons. The number of amides is 4. The number of carbonyl (C=O) groups is 4. The van der Waals surface area contributed by atoms with E-state index in [0.717, 1.165) is 17.4 Å². The first-order valence-electron chi connectivity index (χ1n) is 4.80. The van der Waals surface area contributed by atoms with Gasteiger partial charge in [-0.15, -0.1) is 11.3 Å². The van der Waals surface area contributed by atoms with Crippen LogP contribution in [0.5, 0.6) is 0 Å². The maximum Gasteiger partial charge on any atom is 0.328 e. The molecule has 0 atom stereocenters. The van der Waals surface area contributed by atoms with E-state index in [1.165, 1.54) is 11.4 Å². The molecular formula is C10H9N3O5S. The highest BCUT2D eigenvalue weighted by molar-refractivity contribution is 7.14. The third kappa shape index (κ3) is 4.60. The van der Waals surface area contributed by atoms with Gasteiger partial charge < -0.3 is 16.2 Å². The average molecular weight is 283 g/mol. The summed E-state index contributed by atoms with van der Waals surface area (Å²) in [5.74, 6) is -2.74. The summed E-state index contributed by atoms with van der Waals surface area (Å²) in [4.78, 5) is 43.6. The van der Waals surface area contributed by atoms with Crippen LogP contribution in [0.1, 0.15) is 10.4 Å². The number of carboxylic acids is 1. The Labute approximate surface area is 110 Å². The molecule has 0 aliphatic heterocycles. The zero-order chi connectivity index (χ0) is 14.4. The maximum absolute atomic E-state index is 11.5. The number of imide groups is 1. The number of nitrogens with two attached hydrogens (primary N) is 1. The fourth-order valence-electron chi connectivity index (χ4n) is 1.06. The number of carbonyl (C=O) groups excluding carboxylic acids is 3. The Morgan fingerprint density at radius 3 is 2.53 bits per heavy atom. The Kier molecular flexibility index (Phi) is 4.77. The molecule has 0 aliphatic rings. The number of primary amides is 1. The number of thiophene rings is 1. The Hall–Kier alpha value is -2.68. The molecule has 0 unspecified atom stereocenters. The van der Waals surface area contributed by atoms with E-state index in [-0.39, 0.29) is 10.6 Å². The van der Waals surface area contributed by atoms with Crippen LogP contribution in [0.15, 0.2) is 23.6 Å². The fourth-order valence-corrected chi connectivity index (χ4v) is 1.85. The van der Waals surface area contributed by atoms with Gasteiger partial charge in [0.1, 0.15) is 5.00 Å². The highest BCUT2D eigenvalue weighted by Crippen LogP contribution is 2.23. The normalized spacial score (nSPS) is 10.1. The summed E-state index contributed by atoms with van der Waals surface area (Å²) >= 11 is 1.04. The Bertz CT molecular complexity index is 563. The van der Waals surface area contributed by atoms with Crippen molar-refractivity contribution in [2.24, 2.45) is 5.73 Å². The van der Waals surface area contributed by atoms with E-state index >= 15 is 0 Å². The van der Waals surface area contributed by atoms with Crippen molar-refractivity contribution in [3.8, 4) is 0 Å². The van der Waals surface area contributed by atoms with E-state index < -0.39 is 23.8 Å². The van der Waals surface area contributed by atoms with E-state index in [1.807, 2.05) is 5.32 Å². The van der Waals surface area contributed by atoms with Gasteiger partial charge in [0.15, 0.2) is 0 Å². The summed E-state index contributed by atoms with van der Waals surface area (Å²) < 4.78 is 0. The predicted octanol–water partition coefficient (Wildman–Crippen LogP) is 0.136. The molecular weight excluding hydrogens is 274 g/mol. The molecule has 100 valence electrons. The third-order valence-corrected chi connectivity index (χ3v) is 2.59. The minimum absolute atomic E-state index is 0.0564. The molecule has 0 fully saturated rings. The van der Waals surface area contributed by atoms with Crippen LogP contribution in [-0.4, -0.2) is 28.9 Å². The molecule has 0 saturated heterocycles. The topological polar surface area (TPSA) is 139 Å². The summed E-state index contributed by atoms with van der Waals surface area (Å²) in [6, 6.07) is 0.374. The second-order valence-electron chi connectivity index (χ2n) is 3.14. The lowest BCUT2D eigenvalue weighted by Gasteiger charge is -2.03. The standard InChI is InChI=1S/C10H9N3O5S/c11-10(18)13-8(17)5-3-4-19-9(5)12-6(14)1-2-7(15)16/h1-4H,(H,12,14)(H,15,16)(H3,11,13,17,18)/b2-1-. The second-order valence-corrected chi connectivity index (χ2v) is 4.06. The molecule has 1 aromatic heterocycles. The third-order valence-electron chi connectivity index (χ3n) is 1.76. The van der Waals surface area contributed by atoms with Gasteiger partial charge in [0.05, 0.1) is 5.56 Å². The Morgan fingerprint density at radius 1 is 1.26 bits per heavy atom.